The molecular formula is C64H50N2. The van der Waals surface area contributed by atoms with Crippen LogP contribution in [-0.4, -0.2) is 0 Å². The van der Waals surface area contributed by atoms with Crippen LogP contribution in [0.1, 0.15) is 22.3 Å². The zero-order valence-corrected chi connectivity index (χ0v) is 37.3. The molecule has 0 aromatic heterocycles. The number of para-hydroxylation sites is 2. The Kier molecular flexibility index (Phi) is 12.0. The van der Waals surface area contributed by atoms with Crippen molar-refractivity contribution in [2.45, 2.75) is 13.8 Å². The van der Waals surface area contributed by atoms with E-state index in [4.69, 9.17) is 0 Å². The summed E-state index contributed by atoms with van der Waals surface area (Å²) in [7, 11) is 0. The second kappa shape index (κ2) is 19.1. The van der Waals surface area contributed by atoms with Gasteiger partial charge >= 0.3 is 0 Å². The van der Waals surface area contributed by atoms with Gasteiger partial charge in [0.1, 0.15) is 0 Å². The first-order valence-electron chi connectivity index (χ1n) is 22.7. The minimum Gasteiger partial charge on any atom is -0.310 e. The van der Waals surface area contributed by atoms with E-state index in [1.807, 2.05) is 0 Å². The molecule has 10 aromatic carbocycles. The van der Waals surface area contributed by atoms with Gasteiger partial charge in [0.25, 0.3) is 0 Å². The smallest absolute Gasteiger partial charge is 0.0490 e. The zero-order valence-electron chi connectivity index (χ0n) is 37.3. The topological polar surface area (TPSA) is 6.48 Å². The van der Waals surface area contributed by atoms with Crippen molar-refractivity contribution in [2.75, 3.05) is 9.80 Å². The number of nitrogens with zero attached hydrogens (tertiary/aromatic N) is 2. The van der Waals surface area contributed by atoms with Crippen LogP contribution in [0.4, 0.5) is 34.1 Å². The maximum atomic E-state index is 2.35. The van der Waals surface area contributed by atoms with E-state index in [2.05, 4.69) is 291 Å². The van der Waals surface area contributed by atoms with E-state index in [1.54, 1.807) is 0 Å². The molecule has 0 aliphatic carbocycles. The van der Waals surface area contributed by atoms with Crippen LogP contribution in [0.25, 0.3) is 56.7 Å². The average molecular weight is 847 g/mol. The number of hydrogen-bond acceptors (Lipinski definition) is 2. The third-order valence-corrected chi connectivity index (χ3v) is 12.4. The van der Waals surface area contributed by atoms with Crippen molar-refractivity contribution in [2.24, 2.45) is 0 Å². The van der Waals surface area contributed by atoms with Crippen LogP contribution >= 0.6 is 0 Å². The number of benzene rings is 10. The van der Waals surface area contributed by atoms with Gasteiger partial charge in [0, 0.05) is 34.1 Å². The Bertz CT molecular complexity index is 2970. The van der Waals surface area contributed by atoms with Crippen LogP contribution in [0.5, 0.6) is 0 Å². The van der Waals surface area contributed by atoms with E-state index >= 15 is 0 Å². The molecule has 0 fully saturated rings. The summed E-state index contributed by atoms with van der Waals surface area (Å²) in [6.45, 7) is 4.35. The molecule has 0 heterocycles. The second-order valence-corrected chi connectivity index (χ2v) is 16.7. The van der Waals surface area contributed by atoms with Crippen molar-refractivity contribution in [3.8, 4) is 44.5 Å². The third kappa shape index (κ3) is 9.13. The SMILES string of the molecule is Cc1ccccc1N(c1ccc(-c2ccccc2)cc1)c1ccc(-c2ccc(/C=C/c3ccc(-c4ccc(N(c5ccc(-c6ccccc6)cc5)c5ccccc5C)cc4)cc3)cc2)cc1. The zero-order chi connectivity index (χ0) is 44.7. The Hall–Kier alpha value is -8.46. The molecule has 2 heteroatoms. The molecule has 0 amide bonds. The lowest BCUT2D eigenvalue weighted by molar-refractivity contribution is 1.25. The highest BCUT2D eigenvalue weighted by molar-refractivity contribution is 5.83. The van der Waals surface area contributed by atoms with Crippen LogP contribution in [0.3, 0.4) is 0 Å². The van der Waals surface area contributed by atoms with Gasteiger partial charge in [0.15, 0.2) is 0 Å². The maximum Gasteiger partial charge on any atom is 0.0490 e. The Morgan fingerprint density at radius 3 is 0.727 bits per heavy atom. The average Bonchev–Trinajstić information content (AvgIpc) is 3.39. The molecule has 0 unspecified atom stereocenters. The first kappa shape index (κ1) is 41.5. The molecular weight excluding hydrogens is 797 g/mol. The minimum atomic E-state index is 1.12. The van der Waals surface area contributed by atoms with Gasteiger partial charge in [-0.3, -0.25) is 0 Å². The molecule has 0 saturated carbocycles. The molecule has 0 N–H and O–H groups in total. The molecule has 0 saturated heterocycles. The molecule has 0 aliphatic heterocycles. The van der Waals surface area contributed by atoms with Crippen LogP contribution in [-0.2, 0) is 0 Å². The fourth-order valence-corrected chi connectivity index (χ4v) is 8.72. The van der Waals surface area contributed by atoms with Gasteiger partial charge in [0.05, 0.1) is 0 Å². The summed E-state index contributed by atoms with van der Waals surface area (Å²) >= 11 is 0. The molecule has 10 aromatic rings. The van der Waals surface area contributed by atoms with E-state index in [0.29, 0.717) is 0 Å². The first-order valence-corrected chi connectivity index (χ1v) is 22.7. The van der Waals surface area contributed by atoms with E-state index in [1.165, 1.54) is 67.0 Å². The second-order valence-electron chi connectivity index (χ2n) is 16.7. The lowest BCUT2D eigenvalue weighted by Gasteiger charge is -2.27. The molecule has 0 spiro atoms. The maximum absolute atomic E-state index is 2.35. The summed E-state index contributed by atoms with van der Waals surface area (Å²) in [5, 5.41) is 0. The summed E-state index contributed by atoms with van der Waals surface area (Å²) in [6, 6.07) is 91.4. The summed E-state index contributed by atoms with van der Waals surface area (Å²) < 4.78 is 0. The van der Waals surface area contributed by atoms with Gasteiger partial charge in [-0.05, 0) is 141 Å². The highest BCUT2D eigenvalue weighted by Gasteiger charge is 2.17. The van der Waals surface area contributed by atoms with E-state index in [0.717, 1.165) is 33.9 Å². The van der Waals surface area contributed by atoms with Crippen molar-refractivity contribution in [1.82, 2.24) is 0 Å². The number of rotatable bonds is 12. The quantitative estimate of drug-likeness (QED) is 0.113. The Balaban J connectivity index is 0.819. The number of anilines is 6. The molecule has 0 aliphatic rings. The fraction of sp³-hybridized carbons (Fsp3) is 0.0312. The predicted octanol–water partition coefficient (Wildman–Crippen LogP) is 18.1. The van der Waals surface area contributed by atoms with Crippen molar-refractivity contribution in [1.29, 1.82) is 0 Å². The van der Waals surface area contributed by atoms with Crippen LogP contribution in [0, 0.1) is 13.8 Å². The highest BCUT2D eigenvalue weighted by Crippen LogP contribution is 2.40. The molecule has 2 nitrogen and oxygen atoms in total. The molecule has 66 heavy (non-hydrogen) atoms. The normalized spacial score (nSPS) is 11.1. The van der Waals surface area contributed by atoms with Crippen molar-refractivity contribution in [3.05, 3.63) is 277 Å². The minimum absolute atomic E-state index is 1.12. The largest absolute Gasteiger partial charge is 0.310 e. The van der Waals surface area contributed by atoms with Gasteiger partial charge in [-0.15, -0.1) is 0 Å². The van der Waals surface area contributed by atoms with Gasteiger partial charge in [-0.2, -0.15) is 0 Å². The monoisotopic (exact) mass is 846 g/mol. The predicted molar refractivity (Wildman–Crippen MR) is 282 cm³/mol. The Morgan fingerprint density at radius 1 is 0.227 bits per heavy atom. The fourth-order valence-electron chi connectivity index (χ4n) is 8.72. The van der Waals surface area contributed by atoms with Crippen molar-refractivity contribution < 1.29 is 0 Å². The van der Waals surface area contributed by atoms with Gasteiger partial charge in [0.2, 0.25) is 0 Å². The summed E-state index contributed by atoms with van der Waals surface area (Å²) in [5.74, 6) is 0. The van der Waals surface area contributed by atoms with Crippen molar-refractivity contribution >= 4 is 46.3 Å². The lowest BCUT2D eigenvalue weighted by Crippen LogP contribution is -2.11. The Labute approximate surface area is 389 Å². The third-order valence-electron chi connectivity index (χ3n) is 12.4. The molecule has 0 bridgehead atoms. The highest BCUT2D eigenvalue weighted by atomic mass is 15.1. The van der Waals surface area contributed by atoms with E-state index in [9.17, 15) is 0 Å². The summed E-state index contributed by atoms with van der Waals surface area (Å²) in [6.07, 6.45) is 4.37. The van der Waals surface area contributed by atoms with Crippen LogP contribution in [0.15, 0.2) is 255 Å². The number of aryl methyl sites for hydroxylation is 2. The lowest BCUT2D eigenvalue weighted by atomic mass is 10.0. The van der Waals surface area contributed by atoms with E-state index in [-0.39, 0.29) is 0 Å². The van der Waals surface area contributed by atoms with Crippen LogP contribution in [0.2, 0.25) is 0 Å². The molecule has 0 atom stereocenters. The van der Waals surface area contributed by atoms with Crippen LogP contribution < -0.4 is 9.80 Å². The standard InChI is InChI=1S/C64H50N2/c1-47-13-9-11-19-63(47)65(59-39-31-55(32-40-59)51-15-5-3-6-16-51)61-43-35-57(36-44-61)53-27-23-49(24-28-53)21-22-50-25-29-54(30-26-50)58-37-45-62(46-38-58)66(64-20-12-10-14-48(64)2)60-41-33-56(34-42-60)52-17-7-4-8-18-52/h3-46H,1-2H3/b22-21+. The van der Waals surface area contributed by atoms with Gasteiger partial charge in [-0.25, -0.2) is 0 Å². The summed E-state index contributed by atoms with van der Waals surface area (Å²) in [4.78, 5) is 4.69. The first-order chi connectivity index (χ1) is 32.5. The van der Waals surface area contributed by atoms with E-state index < -0.39 is 0 Å². The number of hydrogen-bond donors (Lipinski definition) is 0. The van der Waals surface area contributed by atoms with Crippen molar-refractivity contribution in [3.63, 3.8) is 0 Å². The molecule has 316 valence electrons. The Morgan fingerprint density at radius 2 is 0.455 bits per heavy atom. The summed E-state index contributed by atoms with van der Waals surface area (Å²) in [5.41, 5.74) is 21.2. The van der Waals surface area contributed by atoms with Gasteiger partial charge in [-0.1, -0.05) is 206 Å². The molecule has 0 radical (unpaired) electrons. The van der Waals surface area contributed by atoms with Gasteiger partial charge < -0.3 is 9.80 Å². The molecule has 10 rings (SSSR count).